The summed E-state index contributed by atoms with van der Waals surface area (Å²) in [4.78, 5) is 11.4. The Labute approximate surface area is 87.9 Å². The maximum absolute atomic E-state index is 11.4. The molecule has 0 aliphatic heterocycles. The third-order valence-corrected chi connectivity index (χ3v) is 2.73. The molecule has 0 saturated carbocycles. The molecule has 1 heterocycles. The van der Waals surface area contributed by atoms with E-state index in [1.165, 1.54) is 5.56 Å². The molecule has 1 atom stereocenters. The average molecular weight is 213 g/mol. The van der Waals surface area contributed by atoms with E-state index in [2.05, 4.69) is 5.38 Å². The van der Waals surface area contributed by atoms with Crippen molar-refractivity contribution in [3.05, 3.63) is 22.4 Å². The minimum atomic E-state index is -0.473. The number of hydrogen-bond acceptors (Lipinski definition) is 4. The third-order valence-electron chi connectivity index (χ3n) is 2.00. The Morgan fingerprint density at radius 2 is 2.50 bits per heavy atom. The van der Waals surface area contributed by atoms with Crippen LogP contribution in [0.3, 0.4) is 0 Å². The highest BCUT2D eigenvalue weighted by atomic mass is 32.1. The molecule has 0 radical (unpaired) electrons. The summed E-state index contributed by atoms with van der Waals surface area (Å²) in [5.41, 5.74) is 6.80. The van der Waals surface area contributed by atoms with E-state index in [9.17, 15) is 4.79 Å². The predicted molar refractivity (Wildman–Crippen MR) is 57.5 cm³/mol. The molecule has 1 rings (SSSR count). The molecule has 0 fully saturated rings. The van der Waals surface area contributed by atoms with Crippen molar-refractivity contribution >= 4 is 17.1 Å². The number of hydrogen-bond donors (Lipinski definition) is 1. The summed E-state index contributed by atoms with van der Waals surface area (Å²) in [5.74, 6) is 0.0676. The highest BCUT2D eigenvalue weighted by molar-refractivity contribution is 7.07. The fourth-order valence-corrected chi connectivity index (χ4v) is 1.86. The largest absolute Gasteiger partial charge is 0.383 e. The molecule has 0 aliphatic carbocycles. The Kier molecular flexibility index (Phi) is 4.79. The lowest BCUT2D eigenvalue weighted by atomic mass is 10.1. The van der Waals surface area contributed by atoms with E-state index >= 15 is 0 Å². The molecule has 3 nitrogen and oxygen atoms in total. The summed E-state index contributed by atoms with van der Waals surface area (Å²) in [6.07, 6.45) is 1.28. The average Bonchev–Trinajstić information content (AvgIpc) is 2.67. The van der Waals surface area contributed by atoms with Crippen molar-refractivity contribution in [2.45, 2.75) is 18.9 Å². The first-order valence-electron chi connectivity index (χ1n) is 4.52. The van der Waals surface area contributed by atoms with Crippen molar-refractivity contribution in [3.8, 4) is 0 Å². The number of ether oxygens (including phenoxy) is 1. The van der Waals surface area contributed by atoms with Gasteiger partial charge in [-0.2, -0.15) is 11.3 Å². The van der Waals surface area contributed by atoms with Crippen LogP contribution in [0.1, 0.15) is 12.0 Å². The van der Waals surface area contributed by atoms with Gasteiger partial charge in [0.05, 0.1) is 12.6 Å². The summed E-state index contributed by atoms with van der Waals surface area (Å²) in [5, 5.41) is 4.06. The summed E-state index contributed by atoms with van der Waals surface area (Å²) < 4.78 is 4.82. The number of carbonyl (C=O) groups is 1. The molecule has 4 heteroatoms. The van der Waals surface area contributed by atoms with Gasteiger partial charge in [0, 0.05) is 13.5 Å². The van der Waals surface area contributed by atoms with Gasteiger partial charge in [-0.15, -0.1) is 0 Å². The van der Waals surface area contributed by atoms with E-state index in [1.807, 2.05) is 11.4 Å². The summed E-state index contributed by atoms with van der Waals surface area (Å²) in [7, 11) is 1.55. The monoisotopic (exact) mass is 213 g/mol. The molecule has 78 valence electrons. The molecule has 2 N–H and O–H groups in total. The minimum Gasteiger partial charge on any atom is -0.383 e. The van der Waals surface area contributed by atoms with E-state index in [-0.39, 0.29) is 5.78 Å². The molecule has 1 aromatic heterocycles. The first kappa shape index (κ1) is 11.4. The van der Waals surface area contributed by atoms with Gasteiger partial charge in [0.15, 0.2) is 5.78 Å². The lowest BCUT2D eigenvalue weighted by molar-refractivity contribution is -0.121. The van der Waals surface area contributed by atoms with Gasteiger partial charge >= 0.3 is 0 Å². The number of carbonyl (C=O) groups excluding carboxylic acids is 1. The van der Waals surface area contributed by atoms with E-state index in [0.29, 0.717) is 13.0 Å². The zero-order valence-electron chi connectivity index (χ0n) is 8.23. The maximum Gasteiger partial charge on any atom is 0.152 e. The second-order valence-electron chi connectivity index (χ2n) is 3.16. The number of rotatable bonds is 6. The topological polar surface area (TPSA) is 52.3 Å². The highest BCUT2D eigenvalue weighted by Crippen LogP contribution is 2.08. The first-order valence-corrected chi connectivity index (χ1v) is 5.46. The van der Waals surface area contributed by atoms with Crippen LogP contribution in [-0.2, 0) is 16.0 Å². The van der Waals surface area contributed by atoms with Gasteiger partial charge in [-0.1, -0.05) is 0 Å². The van der Waals surface area contributed by atoms with Gasteiger partial charge in [0.2, 0.25) is 0 Å². The van der Waals surface area contributed by atoms with Crippen LogP contribution in [-0.4, -0.2) is 25.5 Å². The molecular formula is C10H15NO2S. The summed E-state index contributed by atoms with van der Waals surface area (Å²) >= 11 is 1.64. The highest BCUT2D eigenvalue weighted by Gasteiger charge is 2.12. The fourth-order valence-electron chi connectivity index (χ4n) is 1.16. The zero-order chi connectivity index (χ0) is 10.4. The van der Waals surface area contributed by atoms with E-state index < -0.39 is 6.04 Å². The first-order chi connectivity index (χ1) is 6.74. The number of Topliss-reactive ketones (excluding diaryl/α,β-unsaturated/α-hetero) is 1. The van der Waals surface area contributed by atoms with E-state index in [0.717, 1.165) is 6.42 Å². The van der Waals surface area contributed by atoms with Crippen LogP contribution in [0.15, 0.2) is 16.8 Å². The van der Waals surface area contributed by atoms with Gasteiger partial charge in [-0.25, -0.2) is 0 Å². The Bertz CT molecular complexity index is 272. The van der Waals surface area contributed by atoms with Crippen molar-refractivity contribution < 1.29 is 9.53 Å². The molecule has 0 bridgehead atoms. The van der Waals surface area contributed by atoms with Crippen molar-refractivity contribution in [1.29, 1.82) is 0 Å². The lowest BCUT2D eigenvalue weighted by Crippen LogP contribution is -2.34. The van der Waals surface area contributed by atoms with Gasteiger partial charge in [-0.05, 0) is 28.8 Å². The molecular weight excluding hydrogens is 198 g/mol. The van der Waals surface area contributed by atoms with Crippen molar-refractivity contribution in [3.63, 3.8) is 0 Å². The van der Waals surface area contributed by atoms with Crippen LogP contribution in [0.4, 0.5) is 0 Å². The Hall–Kier alpha value is -0.710. The number of aryl methyl sites for hydroxylation is 1. The molecule has 0 amide bonds. The number of nitrogens with two attached hydrogens (primary N) is 1. The smallest absolute Gasteiger partial charge is 0.152 e. The van der Waals surface area contributed by atoms with Gasteiger partial charge in [0.1, 0.15) is 0 Å². The molecule has 0 spiro atoms. The summed E-state index contributed by atoms with van der Waals surface area (Å²) in [6.45, 7) is 0.308. The van der Waals surface area contributed by atoms with E-state index in [1.54, 1.807) is 18.4 Å². The normalized spacial score (nSPS) is 12.7. The molecule has 0 aromatic carbocycles. The molecule has 0 aliphatic rings. The van der Waals surface area contributed by atoms with Crippen LogP contribution in [0, 0.1) is 0 Å². The lowest BCUT2D eigenvalue weighted by Gasteiger charge is -2.08. The quantitative estimate of drug-likeness (QED) is 0.773. The Morgan fingerprint density at radius 3 is 3.07 bits per heavy atom. The third kappa shape index (κ3) is 3.57. The van der Waals surface area contributed by atoms with Crippen molar-refractivity contribution in [2.24, 2.45) is 5.73 Å². The van der Waals surface area contributed by atoms with Gasteiger partial charge in [0.25, 0.3) is 0 Å². The fraction of sp³-hybridized carbons (Fsp3) is 0.500. The number of ketones is 1. The number of methoxy groups -OCH3 is 1. The zero-order valence-corrected chi connectivity index (χ0v) is 9.05. The molecule has 1 unspecified atom stereocenters. The molecule has 0 saturated heterocycles. The van der Waals surface area contributed by atoms with Crippen molar-refractivity contribution in [2.75, 3.05) is 13.7 Å². The van der Waals surface area contributed by atoms with Gasteiger partial charge in [-0.3, -0.25) is 4.79 Å². The standard InChI is InChI=1S/C10H15NO2S/c1-13-6-9(11)10(12)3-2-8-4-5-14-7-8/h4-5,7,9H,2-3,6,11H2,1H3. The van der Waals surface area contributed by atoms with Gasteiger partial charge < -0.3 is 10.5 Å². The van der Waals surface area contributed by atoms with Crippen LogP contribution in [0.5, 0.6) is 0 Å². The van der Waals surface area contributed by atoms with Crippen LogP contribution < -0.4 is 5.73 Å². The number of thiophene rings is 1. The Morgan fingerprint density at radius 1 is 1.71 bits per heavy atom. The second-order valence-corrected chi connectivity index (χ2v) is 3.94. The summed E-state index contributed by atoms with van der Waals surface area (Å²) in [6, 6.07) is 1.55. The Balaban J connectivity index is 2.27. The SMILES string of the molecule is COCC(N)C(=O)CCc1ccsc1. The second kappa shape index (κ2) is 5.90. The maximum atomic E-state index is 11.4. The molecule has 14 heavy (non-hydrogen) atoms. The minimum absolute atomic E-state index is 0.0676. The van der Waals surface area contributed by atoms with Crippen LogP contribution >= 0.6 is 11.3 Å². The molecule has 1 aromatic rings. The van der Waals surface area contributed by atoms with E-state index in [4.69, 9.17) is 10.5 Å². The predicted octanol–water partition coefficient (Wildman–Crippen LogP) is 1.22. The van der Waals surface area contributed by atoms with Crippen LogP contribution in [0.25, 0.3) is 0 Å². The van der Waals surface area contributed by atoms with Crippen molar-refractivity contribution in [1.82, 2.24) is 0 Å². The van der Waals surface area contributed by atoms with Crippen LogP contribution in [0.2, 0.25) is 0 Å².